The zero-order valence-corrected chi connectivity index (χ0v) is 12.0. The first-order valence-electron chi connectivity index (χ1n) is 7.01. The van der Waals surface area contributed by atoms with Gasteiger partial charge in [0, 0.05) is 18.7 Å². The minimum Gasteiger partial charge on any atom is -0.395 e. The number of benzene rings is 1. The first-order valence-corrected chi connectivity index (χ1v) is 7.01. The number of nitrogens with zero attached hydrogens (tertiary/aromatic N) is 1. The highest BCUT2D eigenvalue weighted by atomic mass is 19.1. The van der Waals surface area contributed by atoms with E-state index >= 15 is 0 Å². The van der Waals surface area contributed by atoms with E-state index in [1.54, 1.807) is 6.07 Å². The molecule has 20 heavy (non-hydrogen) atoms. The average Bonchev–Trinajstić information content (AvgIpc) is 2.45. The van der Waals surface area contributed by atoms with Gasteiger partial charge in [0.25, 0.3) is 0 Å². The van der Waals surface area contributed by atoms with Crippen molar-refractivity contribution in [3.05, 3.63) is 35.1 Å². The molecule has 0 unspecified atom stereocenters. The van der Waals surface area contributed by atoms with E-state index in [0.717, 1.165) is 24.9 Å². The van der Waals surface area contributed by atoms with Crippen molar-refractivity contribution >= 4 is 0 Å². The van der Waals surface area contributed by atoms with Crippen LogP contribution in [0.3, 0.4) is 0 Å². The van der Waals surface area contributed by atoms with Crippen LogP contribution in [0.2, 0.25) is 0 Å². The van der Waals surface area contributed by atoms with Gasteiger partial charge in [0.15, 0.2) is 0 Å². The van der Waals surface area contributed by atoms with E-state index in [9.17, 15) is 4.39 Å². The first-order chi connectivity index (χ1) is 9.71. The summed E-state index contributed by atoms with van der Waals surface area (Å²) >= 11 is 0. The number of aliphatic hydroxyl groups excluding tert-OH is 1. The number of hydrogen-bond acceptors (Lipinski definition) is 3. The molecular formula is C16H23FN2O. The molecule has 0 aliphatic carbocycles. The van der Waals surface area contributed by atoms with Crippen molar-refractivity contribution < 1.29 is 9.50 Å². The highest BCUT2D eigenvalue weighted by molar-refractivity contribution is 5.41. The van der Waals surface area contributed by atoms with E-state index in [4.69, 9.17) is 10.8 Å². The fraction of sp³-hybridized carbons (Fsp3) is 0.500. The van der Waals surface area contributed by atoms with E-state index < -0.39 is 0 Å². The lowest BCUT2D eigenvalue weighted by molar-refractivity contribution is 0.188. The summed E-state index contributed by atoms with van der Waals surface area (Å²) in [7, 11) is 0. The third kappa shape index (κ3) is 5.70. The molecule has 0 amide bonds. The second-order valence-electron chi connectivity index (χ2n) is 4.66. The molecule has 1 aromatic rings. The minimum atomic E-state index is -0.294. The number of aliphatic hydroxyl groups is 1. The largest absolute Gasteiger partial charge is 0.395 e. The molecule has 0 atom stereocenters. The van der Waals surface area contributed by atoms with Crippen LogP contribution in [0.5, 0.6) is 0 Å². The molecular weight excluding hydrogens is 255 g/mol. The van der Waals surface area contributed by atoms with Crippen LogP contribution in [0.25, 0.3) is 0 Å². The molecule has 1 aromatic carbocycles. The Morgan fingerprint density at radius 2 is 2.15 bits per heavy atom. The molecule has 0 saturated carbocycles. The lowest BCUT2D eigenvalue weighted by Crippen LogP contribution is -2.28. The average molecular weight is 278 g/mol. The molecule has 0 fully saturated rings. The lowest BCUT2D eigenvalue weighted by Gasteiger charge is -2.21. The zero-order valence-electron chi connectivity index (χ0n) is 12.0. The Balaban J connectivity index is 2.87. The molecule has 110 valence electrons. The molecule has 0 radical (unpaired) electrons. The van der Waals surface area contributed by atoms with Crippen LogP contribution in [0, 0.1) is 17.7 Å². The van der Waals surface area contributed by atoms with Gasteiger partial charge in [0.1, 0.15) is 5.82 Å². The van der Waals surface area contributed by atoms with Gasteiger partial charge in [0.05, 0.1) is 13.2 Å². The Bertz CT molecular complexity index is 465. The summed E-state index contributed by atoms with van der Waals surface area (Å²) in [5.74, 6) is 5.38. The highest BCUT2D eigenvalue weighted by Crippen LogP contribution is 2.13. The summed E-state index contributed by atoms with van der Waals surface area (Å²) in [5.41, 5.74) is 7.01. The monoisotopic (exact) mass is 278 g/mol. The van der Waals surface area contributed by atoms with Crippen molar-refractivity contribution in [2.75, 3.05) is 26.2 Å². The predicted octanol–water partition coefficient (Wildman–Crippen LogP) is 1.73. The van der Waals surface area contributed by atoms with Crippen LogP contribution in [-0.2, 0) is 6.54 Å². The van der Waals surface area contributed by atoms with Gasteiger partial charge < -0.3 is 10.8 Å². The van der Waals surface area contributed by atoms with Crippen molar-refractivity contribution in [1.82, 2.24) is 4.90 Å². The van der Waals surface area contributed by atoms with E-state index in [1.165, 1.54) is 12.1 Å². The van der Waals surface area contributed by atoms with Crippen molar-refractivity contribution in [3.8, 4) is 11.8 Å². The van der Waals surface area contributed by atoms with Crippen molar-refractivity contribution in [1.29, 1.82) is 0 Å². The third-order valence-electron chi connectivity index (χ3n) is 3.04. The van der Waals surface area contributed by atoms with Gasteiger partial charge in [-0.2, -0.15) is 0 Å². The van der Waals surface area contributed by atoms with Crippen LogP contribution in [0.1, 0.15) is 30.9 Å². The SMILES string of the molecule is CCCCN(CCO)Cc1ccc(F)cc1C#CCN. The topological polar surface area (TPSA) is 49.5 Å². The molecule has 0 aromatic heterocycles. The van der Waals surface area contributed by atoms with Gasteiger partial charge in [-0.15, -0.1) is 0 Å². The molecule has 0 aliphatic heterocycles. The molecule has 0 saturated heterocycles. The molecule has 0 spiro atoms. The standard InChI is InChI=1S/C16H23FN2O/c1-2-3-9-19(10-11-20)13-15-6-7-16(17)12-14(15)5-4-8-18/h6-7,12,20H,2-3,8-11,13,18H2,1H3. The van der Waals surface area contributed by atoms with E-state index in [-0.39, 0.29) is 19.0 Å². The van der Waals surface area contributed by atoms with Gasteiger partial charge in [-0.1, -0.05) is 31.3 Å². The Labute approximate surface area is 120 Å². The van der Waals surface area contributed by atoms with E-state index in [1.807, 2.05) is 0 Å². The van der Waals surface area contributed by atoms with Crippen LogP contribution in [-0.4, -0.2) is 36.2 Å². The Kier molecular flexibility index (Phi) is 7.89. The number of rotatable bonds is 7. The van der Waals surface area contributed by atoms with Gasteiger partial charge in [0.2, 0.25) is 0 Å². The highest BCUT2D eigenvalue weighted by Gasteiger charge is 2.08. The van der Waals surface area contributed by atoms with E-state index in [0.29, 0.717) is 18.7 Å². The summed E-state index contributed by atoms with van der Waals surface area (Å²) in [6.07, 6.45) is 2.18. The summed E-state index contributed by atoms with van der Waals surface area (Å²) < 4.78 is 13.3. The van der Waals surface area contributed by atoms with Gasteiger partial charge in [-0.05, 0) is 30.7 Å². The first kappa shape index (κ1) is 16.6. The molecule has 0 aliphatic rings. The van der Waals surface area contributed by atoms with E-state index in [2.05, 4.69) is 23.7 Å². The maximum absolute atomic E-state index is 13.3. The maximum atomic E-state index is 13.3. The fourth-order valence-electron chi connectivity index (χ4n) is 1.98. The van der Waals surface area contributed by atoms with Crippen molar-refractivity contribution in [2.45, 2.75) is 26.3 Å². The van der Waals surface area contributed by atoms with Crippen molar-refractivity contribution in [3.63, 3.8) is 0 Å². The summed E-state index contributed by atoms with van der Waals surface area (Å²) in [6, 6.07) is 4.64. The molecule has 3 nitrogen and oxygen atoms in total. The van der Waals surface area contributed by atoms with Gasteiger partial charge in [-0.3, -0.25) is 4.90 Å². The van der Waals surface area contributed by atoms with Crippen LogP contribution < -0.4 is 5.73 Å². The predicted molar refractivity (Wildman–Crippen MR) is 79.6 cm³/mol. The number of hydrogen-bond donors (Lipinski definition) is 2. The molecule has 3 N–H and O–H groups in total. The Hall–Kier alpha value is -1.41. The van der Waals surface area contributed by atoms with Gasteiger partial charge >= 0.3 is 0 Å². The fourth-order valence-corrected chi connectivity index (χ4v) is 1.98. The number of halogens is 1. The molecule has 0 heterocycles. The molecule has 4 heteroatoms. The third-order valence-corrected chi connectivity index (χ3v) is 3.04. The summed E-state index contributed by atoms with van der Waals surface area (Å²) in [5, 5.41) is 9.12. The Morgan fingerprint density at radius 3 is 2.80 bits per heavy atom. The Morgan fingerprint density at radius 1 is 1.35 bits per heavy atom. The number of nitrogens with two attached hydrogens (primary N) is 1. The molecule has 0 bridgehead atoms. The maximum Gasteiger partial charge on any atom is 0.124 e. The second-order valence-corrected chi connectivity index (χ2v) is 4.66. The van der Waals surface area contributed by atoms with Gasteiger partial charge in [-0.25, -0.2) is 4.39 Å². The normalized spacial score (nSPS) is 10.4. The second kappa shape index (κ2) is 9.49. The lowest BCUT2D eigenvalue weighted by atomic mass is 10.1. The number of unbranched alkanes of at least 4 members (excludes halogenated alkanes) is 1. The van der Waals surface area contributed by atoms with Crippen molar-refractivity contribution in [2.24, 2.45) is 5.73 Å². The smallest absolute Gasteiger partial charge is 0.124 e. The summed E-state index contributed by atoms with van der Waals surface area (Å²) in [4.78, 5) is 2.16. The minimum absolute atomic E-state index is 0.120. The molecule has 1 rings (SSSR count). The quantitative estimate of drug-likeness (QED) is 0.747. The zero-order chi connectivity index (χ0) is 14.8. The van der Waals surface area contributed by atoms with Crippen LogP contribution in [0.15, 0.2) is 18.2 Å². The summed E-state index contributed by atoms with van der Waals surface area (Å²) in [6.45, 7) is 4.70. The van der Waals surface area contributed by atoms with Crippen LogP contribution >= 0.6 is 0 Å². The van der Waals surface area contributed by atoms with Crippen LogP contribution in [0.4, 0.5) is 4.39 Å².